The van der Waals surface area contributed by atoms with E-state index in [4.69, 9.17) is 4.42 Å². The summed E-state index contributed by atoms with van der Waals surface area (Å²) in [4.78, 5) is 36.5. The van der Waals surface area contributed by atoms with E-state index >= 15 is 0 Å². The van der Waals surface area contributed by atoms with Crippen LogP contribution in [0, 0.1) is 13.8 Å². The number of benzene rings is 3. The van der Waals surface area contributed by atoms with E-state index in [2.05, 4.69) is 95.4 Å². The second-order valence-electron chi connectivity index (χ2n) is 9.60. The zero-order valence-electron chi connectivity index (χ0n) is 21.1. The van der Waals surface area contributed by atoms with Gasteiger partial charge in [0.1, 0.15) is 22.6 Å². The monoisotopic (exact) mass is 527 g/mol. The van der Waals surface area contributed by atoms with Crippen molar-refractivity contribution >= 4 is 67.3 Å². The molecular weight excluding hydrogens is 506 g/mol. The third-order valence-corrected chi connectivity index (χ3v) is 7.99. The molecule has 6 aromatic rings. The van der Waals surface area contributed by atoms with Crippen LogP contribution in [0.15, 0.2) is 95.2 Å². The smallest absolute Gasteiger partial charge is 0.217 e. The van der Waals surface area contributed by atoms with Crippen LogP contribution in [-0.4, -0.2) is 21.5 Å². The maximum Gasteiger partial charge on any atom is 0.217 e. The summed E-state index contributed by atoms with van der Waals surface area (Å²) in [6, 6.07) is 25.0. The number of hydrogen-bond acceptors (Lipinski definition) is 7. The number of allylic oxidation sites excluding steroid dienone is 1. The van der Waals surface area contributed by atoms with Gasteiger partial charge in [0.25, 0.3) is 0 Å². The molecule has 7 rings (SSSR count). The zero-order valence-corrected chi connectivity index (χ0v) is 22.0. The molecule has 3 heterocycles. The van der Waals surface area contributed by atoms with Crippen molar-refractivity contribution in [1.82, 2.24) is 9.97 Å². The van der Waals surface area contributed by atoms with Gasteiger partial charge in [-0.25, -0.2) is 9.97 Å². The van der Waals surface area contributed by atoms with Crippen molar-refractivity contribution < 1.29 is 14.0 Å². The molecule has 3 aromatic heterocycles. The molecule has 0 aliphatic heterocycles. The number of anilines is 3. The number of thiophene rings is 1. The summed E-state index contributed by atoms with van der Waals surface area (Å²) in [5.74, 6) is -0.787. The lowest BCUT2D eigenvalue weighted by Gasteiger charge is -2.25. The highest BCUT2D eigenvalue weighted by atomic mass is 32.1. The number of nitrogens with zero attached hydrogens (tertiary/aromatic N) is 3. The Kier molecular flexibility index (Phi) is 5.28. The molecule has 0 saturated heterocycles. The molecule has 0 unspecified atom stereocenters. The molecule has 0 fully saturated rings. The van der Waals surface area contributed by atoms with Gasteiger partial charge in [-0.15, -0.1) is 11.3 Å². The predicted molar refractivity (Wildman–Crippen MR) is 154 cm³/mol. The molecule has 1 aliphatic rings. The van der Waals surface area contributed by atoms with E-state index in [0.29, 0.717) is 5.58 Å². The Bertz CT molecular complexity index is 1880. The fourth-order valence-electron chi connectivity index (χ4n) is 4.90. The van der Waals surface area contributed by atoms with Crippen molar-refractivity contribution in [3.8, 4) is 0 Å². The fraction of sp³-hybridized carbons (Fsp3) is 0.0625. The number of carbonyl (C=O) groups excluding carboxylic acids is 2. The lowest BCUT2D eigenvalue weighted by atomic mass is 10.1. The summed E-state index contributed by atoms with van der Waals surface area (Å²) in [6.45, 7) is 4.16. The summed E-state index contributed by atoms with van der Waals surface area (Å²) in [6.07, 6.45) is 4.46. The highest BCUT2D eigenvalue weighted by Crippen LogP contribution is 2.41. The van der Waals surface area contributed by atoms with Gasteiger partial charge in [0.15, 0.2) is 0 Å². The minimum Gasteiger partial charge on any atom is -0.455 e. The first kappa shape index (κ1) is 23.3. The normalized spacial score (nSPS) is 12.9. The van der Waals surface area contributed by atoms with Crippen LogP contribution in [0.1, 0.15) is 37.0 Å². The van der Waals surface area contributed by atoms with Crippen molar-refractivity contribution in [2.45, 2.75) is 13.8 Å². The highest BCUT2D eigenvalue weighted by molar-refractivity contribution is 7.20. The van der Waals surface area contributed by atoms with Crippen LogP contribution in [-0.2, 0) is 0 Å². The van der Waals surface area contributed by atoms with Gasteiger partial charge in [-0.3, -0.25) is 9.59 Å². The minimum atomic E-state index is -0.394. The van der Waals surface area contributed by atoms with Crippen LogP contribution in [0.5, 0.6) is 0 Å². The number of carbonyl (C=O) groups is 2. The number of Topliss-reactive ketones (excluding diaryl/α,β-unsaturated/α-hetero) is 2. The molecule has 3 aromatic carbocycles. The first-order valence-electron chi connectivity index (χ1n) is 12.5. The third-order valence-electron chi connectivity index (χ3n) is 6.89. The summed E-state index contributed by atoms with van der Waals surface area (Å²) in [5.41, 5.74) is 7.28. The van der Waals surface area contributed by atoms with Gasteiger partial charge in [-0.2, -0.15) is 0 Å². The van der Waals surface area contributed by atoms with Crippen LogP contribution in [0.4, 0.5) is 17.1 Å². The van der Waals surface area contributed by atoms with Crippen LogP contribution in [0.2, 0.25) is 0 Å². The molecule has 0 atom stereocenters. The van der Waals surface area contributed by atoms with Crippen molar-refractivity contribution in [2.24, 2.45) is 0 Å². The molecule has 6 nitrogen and oxygen atoms in total. The van der Waals surface area contributed by atoms with E-state index < -0.39 is 11.6 Å². The second kappa shape index (κ2) is 8.85. The molecule has 0 saturated carbocycles. The Balaban J connectivity index is 1.29. The van der Waals surface area contributed by atoms with Crippen LogP contribution < -0.4 is 4.90 Å². The van der Waals surface area contributed by atoms with Gasteiger partial charge in [-0.05, 0) is 62.4 Å². The van der Waals surface area contributed by atoms with Gasteiger partial charge in [0.05, 0.1) is 10.3 Å². The molecule has 0 N–H and O–H groups in total. The summed E-state index contributed by atoms with van der Waals surface area (Å²) < 4.78 is 7.24. The number of ketones is 2. The Labute approximate surface area is 227 Å². The van der Waals surface area contributed by atoms with Crippen molar-refractivity contribution in [3.05, 3.63) is 118 Å². The van der Waals surface area contributed by atoms with Gasteiger partial charge in [0.2, 0.25) is 11.6 Å². The van der Waals surface area contributed by atoms with Crippen molar-refractivity contribution in [1.29, 1.82) is 0 Å². The van der Waals surface area contributed by atoms with E-state index in [0.717, 1.165) is 37.6 Å². The maximum absolute atomic E-state index is 12.7. The molecule has 0 spiro atoms. The fourth-order valence-corrected chi connectivity index (χ4v) is 5.96. The largest absolute Gasteiger partial charge is 0.455 e. The van der Waals surface area contributed by atoms with E-state index in [-0.39, 0.29) is 17.0 Å². The topological polar surface area (TPSA) is 76.3 Å². The van der Waals surface area contributed by atoms with Crippen LogP contribution >= 0.6 is 11.3 Å². The average molecular weight is 528 g/mol. The molecule has 39 heavy (non-hydrogen) atoms. The van der Waals surface area contributed by atoms with Gasteiger partial charge in [0, 0.05) is 45.8 Å². The van der Waals surface area contributed by atoms with Crippen LogP contribution in [0.3, 0.4) is 0 Å². The standard InChI is InChI=1S/C32H21N3O3S/c1-18-3-7-20(8-4-18)35(21-9-5-19(2)6-10-21)22-11-12-24-26(15-22)38-27-17-23(39-32(24)27)16-25-30(36)28-29(31(25)37)34-14-13-33-28/h3-17H,1-2H3. The Morgan fingerprint density at radius 1 is 0.718 bits per heavy atom. The molecule has 188 valence electrons. The summed E-state index contributed by atoms with van der Waals surface area (Å²) >= 11 is 1.48. The van der Waals surface area contributed by atoms with Crippen molar-refractivity contribution in [3.63, 3.8) is 0 Å². The maximum atomic E-state index is 12.7. The van der Waals surface area contributed by atoms with Gasteiger partial charge < -0.3 is 9.32 Å². The van der Waals surface area contributed by atoms with Gasteiger partial charge in [-0.1, -0.05) is 35.4 Å². The lowest BCUT2D eigenvalue weighted by Crippen LogP contribution is -2.09. The van der Waals surface area contributed by atoms with Gasteiger partial charge >= 0.3 is 0 Å². The number of aryl methyl sites for hydroxylation is 2. The molecular formula is C32H21N3O3S. The van der Waals surface area contributed by atoms with E-state index in [1.807, 2.05) is 6.07 Å². The highest BCUT2D eigenvalue weighted by Gasteiger charge is 2.35. The quantitative estimate of drug-likeness (QED) is 0.171. The SMILES string of the molecule is Cc1ccc(N(c2ccc(C)cc2)c2ccc3c(c2)oc2cc(C=C4C(=O)c5nccnc5C4=O)sc23)cc1. The number of rotatable bonds is 4. The Hall–Kier alpha value is -4.88. The molecule has 0 bridgehead atoms. The molecule has 7 heteroatoms. The average Bonchev–Trinajstić information content (AvgIpc) is 3.57. The summed E-state index contributed by atoms with van der Waals surface area (Å²) in [7, 11) is 0. The third kappa shape index (κ3) is 3.86. The Morgan fingerprint density at radius 3 is 1.87 bits per heavy atom. The minimum absolute atomic E-state index is 0.0820. The van der Waals surface area contributed by atoms with E-state index in [9.17, 15) is 9.59 Å². The second-order valence-corrected chi connectivity index (χ2v) is 10.7. The number of aromatic nitrogens is 2. The first-order chi connectivity index (χ1) is 19.0. The number of furan rings is 1. The molecule has 0 amide bonds. The number of fused-ring (bicyclic) bond motifs is 4. The van der Waals surface area contributed by atoms with Crippen molar-refractivity contribution in [2.75, 3.05) is 4.90 Å². The lowest BCUT2D eigenvalue weighted by molar-refractivity contribution is 0.0988. The van der Waals surface area contributed by atoms with E-state index in [1.165, 1.54) is 34.9 Å². The predicted octanol–water partition coefficient (Wildman–Crippen LogP) is 7.99. The van der Waals surface area contributed by atoms with E-state index in [1.54, 1.807) is 6.08 Å². The molecule has 0 radical (unpaired) electrons. The summed E-state index contributed by atoms with van der Waals surface area (Å²) in [5, 5.41) is 0.979. The first-order valence-corrected chi connectivity index (χ1v) is 13.3. The number of hydrogen-bond donors (Lipinski definition) is 0. The molecule has 1 aliphatic carbocycles. The van der Waals surface area contributed by atoms with Crippen LogP contribution in [0.25, 0.3) is 27.3 Å². The Morgan fingerprint density at radius 2 is 1.28 bits per heavy atom. The zero-order chi connectivity index (χ0) is 26.7.